The van der Waals surface area contributed by atoms with Gasteiger partial charge in [0.15, 0.2) is 0 Å². The van der Waals surface area contributed by atoms with E-state index >= 15 is 0 Å². The van der Waals surface area contributed by atoms with Crippen molar-refractivity contribution in [3.63, 3.8) is 0 Å². The van der Waals surface area contributed by atoms with E-state index in [4.69, 9.17) is 4.74 Å². The molecule has 140 valence electrons. The number of hydrogen-bond acceptors (Lipinski definition) is 4. The first-order chi connectivity index (χ1) is 12.5. The van der Waals surface area contributed by atoms with Crippen molar-refractivity contribution in [1.29, 1.82) is 0 Å². The zero-order chi connectivity index (χ0) is 18.9. The topological polar surface area (TPSA) is 95.9 Å². The van der Waals surface area contributed by atoms with Gasteiger partial charge in [0.2, 0.25) is 5.91 Å². The van der Waals surface area contributed by atoms with Gasteiger partial charge in [-0.2, -0.15) is 0 Å². The van der Waals surface area contributed by atoms with Gasteiger partial charge in [-0.1, -0.05) is 36.4 Å². The van der Waals surface area contributed by atoms with E-state index in [0.29, 0.717) is 25.8 Å². The van der Waals surface area contributed by atoms with Gasteiger partial charge in [0, 0.05) is 6.54 Å². The Bertz CT molecular complexity index is 647. The third-order valence-electron chi connectivity index (χ3n) is 4.27. The highest BCUT2D eigenvalue weighted by atomic mass is 16.6. The molecule has 1 aliphatic rings. The summed E-state index contributed by atoms with van der Waals surface area (Å²) in [5, 5.41) is 11.7. The van der Waals surface area contributed by atoms with Crippen molar-refractivity contribution in [2.75, 3.05) is 6.54 Å². The predicted octanol–water partition coefficient (Wildman–Crippen LogP) is 2.32. The molecule has 1 aliphatic heterocycles. The molecule has 2 rings (SSSR count). The Morgan fingerprint density at radius 1 is 1.35 bits per heavy atom. The number of carbonyl (C=O) groups excluding carboxylic acids is 2. The molecule has 7 nitrogen and oxygen atoms in total. The number of rotatable bonds is 8. The molecule has 0 spiro atoms. The summed E-state index contributed by atoms with van der Waals surface area (Å²) in [6, 6.07) is 7.57. The lowest BCUT2D eigenvalue weighted by Gasteiger charge is -2.25. The van der Waals surface area contributed by atoms with Crippen LogP contribution in [-0.4, -0.2) is 46.6 Å². The highest BCUT2D eigenvalue weighted by Gasteiger charge is 2.36. The van der Waals surface area contributed by atoms with Crippen molar-refractivity contribution in [3.05, 3.63) is 48.6 Å². The average molecular weight is 360 g/mol. The van der Waals surface area contributed by atoms with Crippen molar-refractivity contribution in [2.45, 2.75) is 44.4 Å². The molecule has 0 radical (unpaired) electrons. The number of benzene rings is 1. The summed E-state index contributed by atoms with van der Waals surface area (Å²) in [4.78, 5) is 37.4. The number of carboxylic acid groups (broad SMARTS) is 1. The van der Waals surface area contributed by atoms with E-state index in [-0.39, 0.29) is 13.0 Å². The maximum Gasteiger partial charge on any atom is 0.410 e. The van der Waals surface area contributed by atoms with E-state index in [1.165, 1.54) is 4.90 Å². The number of aliphatic carboxylic acids is 1. The molecule has 1 fully saturated rings. The summed E-state index contributed by atoms with van der Waals surface area (Å²) in [6.45, 7) is 4.09. The Morgan fingerprint density at radius 2 is 2.08 bits per heavy atom. The minimum Gasteiger partial charge on any atom is -0.480 e. The maximum atomic E-state index is 12.5. The zero-order valence-electron chi connectivity index (χ0n) is 14.6. The van der Waals surface area contributed by atoms with Crippen LogP contribution in [0.2, 0.25) is 0 Å². The fourth-order valence-corrected chi connectivity index (χ4v) is 2.87. The summed E-state index contributed by atoms with van der Waals surface area (Å²) in [5.41, 5.74) is 0.858. The van der Waals surface area contributed by atoms with Crippen LogP contribution >= 0.6 is 0 Å². The van der Waals surface area contributed by atoms with E-state index in [0.717, 1.165) is 5.56 Å². The molecule has 0 bridgehead atoms. The number of nitrogens with one attached hydrogen (secondary N) is 1. The number of allylic oxidation sites excluding steroid dienone is 1. The van der Waals surface area contributed by atoms with Crippen LogP contribution in [-0.2, 0) is 20.9 Å². The van der Waals surface area contributed by atoms with Crippen LogP contribution in [0.4, 0.5) is 4.79 Å². The Kier molecular flexibility index (Phi) is 7.20. The van der Waals surface area contributed by atoms with E-state index in [2.05, 4.69) is 11.9 Å². The summed E-state index contributed by atoms with van der Waals surface area (Å²) in [5.74, 6) is -1.56. The van der Waals surface area contributed by atoms with E-state index in [1.807, 2.05) is 30.3 Å². The number of amides is 2. The molecule has 1 aromatic rings. The highest BCUT2D eigenvalue weighted by molar-refractivity contribution is 5.89. The summed E-state index contributed by atoms with van der Waals surface area (Å²) >= 11 is 0. The molecule has 0 aromatic heterocycles. The lowest BCUT2D eigenvalue weighted by Crippen LogP contribution is -2.50. The van der Waals surface area contributed by atoms with E-state index in [1.54, 1.807) is 6.08 Å². The quantitative estimate of drug-likeness (QED) is 0.694. The SMILES string of the molecule is C=CCC[C@@H](NC(=O)[C@H]1CCCN1C(=O)OCc1ccccc1)C(=O)O. The van der Waals surface area contributed by atoms with Gasteiger partial charge >= 0.3 is 12.1 Å². The van der Waals surface area contributed by atoms with Gasteiger partial charge in [0.05, 0.1) is 0 Å². The molecule has 2 atom stereocenters. The van der Waals surface area contributed by atoms with Crippen molar-refractivity contribution in [1.82, 2.24) is 10.2 Å². The number of carbonyl (C=O) groups is 3. The smallest absolute Gasteiger partial charge is 0.410 e. The number of nitrogens with zero attached hydrogens (tertiary/aromatic N) is 1. The lowest BCUT2D eigenvalue weighted by atomic mass is 10.1. The maximum absolute atomic E-state index is 12.5. The molecular formula is C19H24N2O5. The molecule has 2 N–H and O–H groups in total. The van der Waals surface area contributed by atoms with E-state index in [9.17, 15) is 19.5 Å². The van der Waals surface area contributed by atoms with Crippen molar-refractivity contribution < 1.29 is 24.2 Å². The molecule has 1 aromatic carbocycles. The van der Waals surface area contributed by atoms with Crippen molar-refractivity contribution in [3.8, 4) is 0 Å². The van der Waals surface area contributed by atoms with Crippen LogP contribution in [0.25, 0.3) is 0 Å². The highest BCUT2D eigenvalue weighted by Crippen LogP contribution is 2.19. The van der Waals surface area contributed by atoms with Gasteiger partial charge in [-0.15, -0.1) is 6.58 Å². The van der Waals surface area contributed by atoms with E-state index < -0.39 is 30.1 Å². The molecule has 0 unspecified atom stereocenters. The van der Waals surface area contributed by atoms with Gasteiger partial charge in [0.25, 0.3) is 0 Å². The van der Waals surface area contributed by atoms with Crippen LogP contribution < -0.4 is 5.32 Å². The Labute approximate surface area is 152 Å². The molecule has 1 heterocycles. The zero-order valence-corrected chi connectivity index (χ0v) is 14.6. The van der Waals surface area contributed by atoms with Crippen molar-refractivity contribution in [2.24, 2.45) is 0 Å². The van der Waals surface area contributed by atoms with Crippen LogP contribution in [0.3, 0.4) is 0 Å². The Balaban J connectivity index is 1.92. The Morgan fingerprint density at radius 3 is 2.73 bits per heavy atom. The second kappa shape index (κ2) is 9.60. The molecule has 0 saturated carbocycles. The van der Waals surface area contributed by atoms with Crippen LogP contribution in [0.5, 0.6) is 0 Å². The third kappa shape index (κ3) is 5.34. The number of carboxylic acids is 1. The molecule has 26 heavy (non-hydrogen) atoms. The van der Waals surface area contributed by atoms with Crippen LogP contribution in [0.1, 0.15) is 31.2 Å². The van der Waals surface area contributed by atoms with Gasteiger partial charge in [-0.3, -0.25) is 9.69 Å². The Hall–Kier alpha value is -2.83. The van der Waals surface area contributed by atoms with Crippen LogP contribution in [0, 0.1) is 0 Å². The number of likely N-dealkylation sites (tertiary alicyclic amines) is 1. The molecule has 7 heteroatoms. The summed E-state index contributed by atoms with van der Waals surface area (Å²) in [6.07, 6.45) is 2.93. The monoisotopic (exact) mass is 360 g/mol. The fourth-order valence-electron chi connectivity index (χ4n) is 2.87. The van der Waals surface area contributed by atoms with Gasteiger partial charge in [-0.25, -0.2) is 9.59 Å². The standard InChI is InChI=1S/C19H24N2O5/c1-2-3-10-15(18(23)24)20-17(22)16-11-7-12-21(16)19(25)26-13-14-8-5-4-6-9-14/h2,4-6,8-9,15-16H,1,3,7,10-13H2,(H,20,22)(H,23,24)/t15-,16-/m1/s1. The summed E-state index contributed by atoms with van der Waals surface area (Å²) < 4.78 is 5.29. The largest absolute Gasteiger partial charge is 0.480 e. The first-order valence-corrected chi connectivity index (χ1v) is 8.64. The first-order valence-electron chi connectivity index (χ1n) is 8.64. The number of hydrogen-bond donors (Lipinski definition) is 2. The lowest BCUT2D eigenvalue weighted by molar-refractivity contribution is -0.142. The van der Waals surface area contributed by atoms with Gasteiger partial charge in [-0.05, 0) is 31.2 Å². The second-order valence-corrected chi connectivity index (χ2v) is 6.16. The molecular weight excluding hydrogens is 336 g/mol. The number of ether oxygens (including phenoxy) is 1. The second-order valence-electron chi connectivity index (χ2n) is 6.16. The normalized spacial score (nSPS) is 17.4. The third-order valence-corrected chi connectivity index (χ3v) is 4.27. The van der Waals surface area contributed by atoms with Gasteiger partial charge in [0.1, 0.15) is 18.7 Å². The van der Waals surface area contributed by atoms with Gasteiger partial charge < -0.3 is 15.2 Å². The molecule has 2 amide bonds. The minimum absolute atomic E-state index is 0.127. The minimum atomic E-state index is -1.10. The molecule has 1 saturated heterocycles. The summed E-state index contributed by atoms with van der Waals surface area (Å²) in [7, 11) is 0. The van der Waals surface area contributed by atoms with Crippen LogP contribution in [0.15, 0.2) is 43.0 Å². The predicted molar refractivity (Wildman–Crippen MR) is 95.4 cm³/mol. The average Bonchev–Trinajstić information content (AvgIpc) is 3.13. The first kappa shape index (κ1) is 19.5. The fraction of sp³-hybridized carbons (Fsp3) is 0.421. The molecule has 0 aliphatic carbocycles. The van der Waals surface area contributed by atoms with Crippen molar-refractivity contribution >= 4 is 18.0 Å².